The Labute approximate surface area is 121 Å². The van der Waals surface area contributed by atoms with E-state index in [2.05, 4.69) is 19.1 Å². The summed E-state index contributed by atoms with van der Waals surface area (Å²) in [5.41, 5.74) is 9.00. The van der Waals surface area contributed by atoms with Crippen LogP contribution in [0.3, 0.4) is 0 Å². The van der Waals surface area contributed by atoms with E-state index in [1.54, 1.807) is 0 Å². The number of hydrogen-bond acceptors (Lipinski definition) is 3. The van der Waals surface area contributed by atoms with E-state index in [0.717, 1.165) is 28.8 Å². The standard InChI is InChI=1S/C17H24N2O/c1-11(2)20-15-8-6-7-14-12(3)9-13(19-16(14)15)10-17(4,5)18/h6-9,11H,10,18H2,1-5H3. The molecule has 1 aromatic heterocycles. The fourth-order valence-electron chi connectivity index (χ4n) is 2.37. The average molecular weight is 272 g/mol. The highest BCUT2D eigenvalue weighted by atomic mass is 16.5. The summed E-state index contributed by atoms with van der Waals surface area (Å²) in [5, 5.41) is 1.14. The topological polar surface area (TPSA) is 48.1 Å². The summed E-state index contributed by atoms with van der Waals surface area (Å²) in [6.07, 6.45) is 0.886. The summed E-state index contributed by atoms with van der Waals surface area (Å²) < 4.78 is 5.87. The summed E-state index contributed by atoms with van der Waals surface area (Å²) in [6, 6.07) is 8.20. The van der Waals surface area contributed by atoms with Gasteiger partial charge in [-0.3, -0.25) is 0 Å². The zero-order valence-electron chi connectivity index (χ0n) is 13.0. The van der Waals surface area contributed by atoms with Gasteiger partial charge in [-0.05, 0) is 52.3 Å². The molecule has 0 saturated carbocycles. The van der Waals surface area contributed by atoms with Gasteiger partial charge in [-0.1, -0.05) is 12.1 Å². The monoisotopic (exact) mass is 272 g/mol. The van der Waals surface area contributed by atoms with Gasteiger partial charge in [-0.2, -0.15) is 0 Å². The average Bonchev–Trinajstić information content (AvgIpc) is 2.27. The minimum Gasteiger partial charge on any atom is -0.489 e. The number of fused-ring (bicyclic) bond motifs is 1. The van der Waals surface area contributed by atoms with Gasteiger partial charge in [0.15, 0.2) is 0 Å². The number of nitrogens with two attached hydrogens (primary N) is 1. The van der Waals surface area contributed by atoms with Crippen molar-refractivity contribution in [1.29, 1.82) is 0 Å². The second-order valence-electron chi connectivity index (χ2n) is 6.41. The molecule has 1 aromatic carbocycles. The highest BCUT2D eigenvalue weighted by Gasteiger charge is 2.15. The van der Waals surface area contributed by atoms with Crippen LogP contribution >= 0.6 is 0 Å². The molecule has 0 aliphatic heterocycles. The molecule has 108 valence electrons. The third-order valence-corrected chi connectivity index (χ3v) is 3.06. The number of rotatable bonds is 4. The Morgan fingerprint density at radius 3 is 2.60 bits per heavy atom. The van der Waals surface area contributed by atoms with Crippen molar-refractivity contribution in [1.82, 2.24) is 4.98 Å². The fraction of sp³-hybridized carbons (Fsp3) is 0.471. The third kappa shape index (κ3) is 3.48. The molecule has 0 fully saturated rings. The molecule has 0 saturated heterocycles. The molecule has 2 aromatic rings. The van der Waals surface area contributed by atoms with Crippen molar-refractivity contribution in [2.75, 3.05) is 0 Å². The van der Waals surface area contributed by atoms with E-state index in [1.165, 1.54) is 5.56 Å². The number of benzene rings is 1. The molecular formula is C17H24N2O. The van der Waals surface area contributed by atoms with Crippen molar-refractivity contribution in [3.05, 3.63) is 35.5 Å². The molecule has 2 N–H and O–H groups in total. The number of ether oxygens (including phenoxy) is 1. The van der Waals surface area contributed by atoms with E-state index in [0.29, 0.717) is 0 Å². The van der Waals surface area contributed by atoms with Crippen LogP contribution in [0.15, 0.2) is 24.3 Å². The molecule has 1 heterocycles. The summed E-state index contributed by atoms with van der Waals surface area (Å²) >= 11 is 0. The molecule has 0 atom stereocenters. The first kappa shape index (κ1) is 14.8. The smallest absolute Gasteiger partial charge is 0.145 e. The molecule has 3 nitrogen and oxygen atoms in total. The van der Waals surface area contributed by atoms with E-state index < -0.39 is 0 Å². The second-order valence-corrected chi connectivity index (χ2v) is 6.41. The van der Waals surface area contributed by atoms with Crippen molar-refractivity contribution < 1.29 is 4.74 Å². The Kier molecular flexibility index (Phi) is 4.00. The molecule has 20 heavy (non-hydrogen) atoms. The second kappa shape index (κ2) is 5.41. The van der Waals surface area contributed by atoms with Crippen molar-refractivity contribution in [3.8, 4) is 5.75 Å². The van der Waals surface area contributed by atoms with Gasteiger partial charge < -0.3 is 10.5 Å². The molecule has 0 spiro atoms. The SMILES string of the molecule is Cc1cc(CC(C)(C)N)nc2c(OC(C)C)cccc12. The van der Waals surface area contributed by atoms with Crippen LogP contribution in [0.25, 0.3) is 10.9 Å². The van der Waals surface area contributed by atoms with Crippen LogP contribution in [-0.4, -0.2) is 16.6 Å². The van der Waals surface area contributed by atoms with Gasteiger partial charge in [-0.15, -0.1) is 0 Å². The number of pyridine rings is 1. The normalized spacial score (nSPS) is 12.2. The third-order valence-electron chi connectivity index (χ3n) is 3.06. The van der Waals surface area contributed by atoms with Gasteiger partial charge in [0.1, 0.15) is 11.3 Å². The van der Waals surface area contributed by atoms with Gasteiger partial charge >= 0.3 is 0 Å². The van der Waals surface area contributed by atoms with Crippen LogP contribution in [0, 0.1) is 6.92 Å². The van der Waals surface area contributed by atoms with E-state index in [9.17, 15) is 0 Å². The maximum atomic E-state index is 6.11. The number of hydrogen-bond donors (Lipinski definition) is 1. The van der Waals surface area contributed by atoms with Crippen molar-refractivity contribution in [2.45, 2.75) is 52.7 Å². The Morgan fingerprint density at radius 2 is 2.00 bits per heavy atom. The Hall–Kier alpha value is -1.61. The quantitative estimate of drug-likeness (QED) is 0.925. The zero-order chi connectivity index (χ0) is 14.9. The highest BCUT2D eigenvalue weighted by molar-refractivity contribution is 5.87. The zero-order valence-corrected chi connectivity index (χ0v) is 13.0. The molecule has 0 amide bonds. The lowest BCUT2D eigenvalue weighted by molar-refractivity contribution is 0.245. The molecule has 3 heteroatoms. The van der Waals surface area contributed by atoms with Gasteiger partial charge in [0.05, 0.1) is 6.10 Å². The van der Waals surface area contributed by atoms with Gasteiger partial charge in [0.2, 0.25) is 0 Å². The minimum atomic E-state index is -0.263. The molecular weight excluding hydrogens is 248 g/mol. The van der Waals surface area contributed by atoms with Gasteiger partial charge in [0.25, 0.3) is 0 Å². The number of nitrogens with zero attached hydrogens (tertiary/aromatic N) is 1. The predicted molar refractivity (Wildman–Crippen MR) is 84.2 cm³/mol. The first-order valence-corrected chi connectivity index (χ1v) is 7.11. The lowest BCUT2D eigenvalue weighted by Crippen LogP contribution is -2.34. The molecule has 0 aliphatic carbocycles. The number of para-hydroxylation sites is 1. The largest absolute Gasteiger partial charge is 0.489 e. The Bertz CT molecular complexity index is 612. The highest BCUT2D eigenvalue weighted by Crippen LogP contribution is 2.28. The van der Waals surface area contributed by atoms with E-state index in [-0.39, 0.29) is 11.6 Å². The molecule has 2 rings (SSSR count). The minimum absolute atomic E-state index is 0.136. The maximum Gasteiger partial charge on any atom is 0.145 e. The molecule has 0 unspecified atom stereocenters. The Morgan fingerprint density at radius 1 is 1.30 bits per heavy atom. The first-order valence-electron chi connectivity index (χ1n) is 7.11. The number of aryl methyl sites for hydroxylation is 1. The van der Waals surface area contributed by atoms with Gasteiger partial charge in [0, 0.05) is 23.0 Å². The summed E-state index contributed by atoms with van der Waals surface area (Å²) in [6.45, 7) is 10.2. The molecule has 0 aliphatic rings. The lowest BCUT2D eigenvalue weighted by Gasteiger charge is -2.19. The van der Waals surface area contributed by atoms with Crippen molar-refractivity contribution in [2.24, 2.45) is 5.73 Å². The molecule has 0 bridgehead atoms. The van der Waals surface area contributed by atoms with Crippen LogP contribution in [0.4, 0.5) is 0 Å². The Balaban J connectivity index is 2.55. The van der Waals surface area contributed by atoms with Crippen molar-refractivity contribution >= 4 is 10.9 Å². The molecule has 0 radical (unpaired) electrons. The van der Waals surface area contributed by atoms with Crippen LogP contribution < -0.4 is 10.5 Å². The van der Waals surface area contributed by atoms with Crippen LogP contribution in [0.1, 0.15) is 39.0 Å². The first-order chi connectivity index (χ1) is 9.26. The van der Waals surface area contributed by atoms with Crippen molar-refractivity contribution in [3.63, 3.8) is 0 Å². The van der Waals surface area contributed by atoms with Gasteiger partial charge in [-0.25, -0.2) is 4.98 Å². The van der Waals surface area contributed by atoms with Crippen LogP contribution in [0.5, 0.6) is 5.75 Å². The summed E-state index contributed by atoms with van der Waals surface area (Å²) in [4.78, 5) is 4.77. The maximum absolute atomic E-state index is 6.11. The van der Waals surface area contributed by atoms with Crippen LogP contribution in [-0.2, 0) is 6.42 Å². The predicted octanol–water partition coefficient (Wildman–Crippen LogP) is 3.61. The van der Waals surface area contributed by atoms with Crippen LogP contribution in [0.2, 0.25) is 0 Å². The fourth-order valence-corrected chi connectivity index (χ4v) is 2.37. The van der Waals surface area contributed by atoms with E-state index in [1.807, 2.05) is 39.8 Å². The summed E-state index contributed by atoms with van der Waals surface area (Å²) in [7, 11) is 0. The van der Waals surface area contributed by atoms with E-state index >= 15 is 0 Å². The summed E-state index contributed by atoms with van der Waals surface area (Å²) in [5.74, 6) is 0.845. The lowest BCUT2D eigenvalue weighted by atomic mass is 9.98. The number of aromatic nitrogens is 1. The van der Waals surface area contributed by atoms with E-state index in [4.69, 9.17) is 15.5 Å².